The Morgan fingerprint density at radius 2 is 1.79 bits per heavy atom. The average molecular weight is 388 g/mol. The van der Waals surface area contributed by atoms with Crippen LogP contribution in [0, 0.1) is 0 Å². The normalized spacial score (nSPS) is 29.7. The van der Waals surface area contributed by atoms with Crippen molar-refractivity contribution in [1.29, 1.82) is 0 Å². The number of benzene rings is 2. The maximum Gasteiger partial charge on any atom is 0.228 e. The third kappa shape index (κ3) is 3.43. The number of Topliss-reactive ketones (excluding diaryl/α,β-unsaturated/α-hetero) is 1. The minimum absolute atomic E-state index is 0.0695. The summed E-state index contributed by atoms with van der Waals surface area (Å²) in [7, 11) is 0. The van der Waals surface area contributed by atoms with Crippen molar-refractivity contribution in [2.75, 3.05) is 6.61 Å². The Kier molecular flexibility index (Phi) is 4.94. The molecular weight excluding hydrogens is 368 g/mol. The highest BCUT2D eigenvalue weighted by molar-refractivity contribution is 6.02. The van der Waals surface area contributed by atoms with Gasteiger partial charge in [-0.1, -0.05) is 30.3 Å². The smallest absolute Gasteiger partial charge is 0.228 e. The van der Waals surface area contributed by atoms with Gasteiger partial charge in [-0.3, -0.25) is 4.79 Å². The summed E-state index contributed by atoms with van der Waals surface area (Å²) in [5.74, 6) is -0.321. The molecule has 148 valence electrons. The molecule has 0 amide bonds. The van der Waals surface area contributed by atoms with Crippen LogP contribution in [0.2, 0.25) is 0 Å². The van der Waals surface area contributed by atoms with Crippen LogP contribution in [0.15, 0.2) is 42.5 Å². The standard InChI is InChI=1S/C20H20O8/c21-12-6-11(27-20-19(25)18(24)14(23)9-26-20)7-16-17(12)13(22)8-15(28-16)10-4-2-1-3-5-10/h1-7,14-15,18-21,23-25H,8-9H2/t14-,15?,18+,19-,20+/m0/s1. The van der Waals surface area contributed by atoms with Crippen molar-refractivity contribution in [2.24, 2.45) is 0 Å². The van der Waals surface area contributed by atoms with Gasteiger partial charge in [0.15, 0.2) is 5.78 Å². The van der Waals surface area contributed by atoms with Gasteiger partial charge in [0.1, 0.15) is 47.2 Å². The summed E-state index contributed by atoms with van der Waals surface area (Å²) in [6.07, 6.45) is -5.78. The van der Waals surface area contributed by atoms with Gasteiger partial charge < -0.3 is 34.6 Å². The fraction of sp³-hybridized carbons (Fsp3) is 0.350. The number of aliphatic hydroxyl groups excluding tert-OH is 3. The molecule has 4 rings (SSSR count). The maximum absolute atomic E-state index is 12.5. The number of aromatic hydroxyl groups is 1. The van der Waals surface area contributed by atoms with Crippen LogP contribution in [0.3, 0.4) is 0 Å². The summed E-state index contributed by atoms with van der Waals surface area (Å²) in [6, 6.07) is 11.9. The van der Waals surface area contributed by atoms with Crippen LogP contribution in [0.25, 0.3) is 0 Å². The number of hydrogen-bond acceptors (Lipinski definition) is 8. The van der Waals surface area contributed by atoms with Crippen LogP contribution >= 0.6 is 0 Å². The number of phenolic OH excluding ortho intramolecular Hbond substituents is 1. The van der Waals surface area contributed by atoms with Gasteiger partial charge in [0.25, 0.3) is 0 Å². The third-order valence-corrected chi connectivity index (χ3v) is 4.85. The molecule has 0 aliphatic carbocycles. The molecule has 2 aromatic carbocycles. The van der Waals surface area contributed by atoms with Crippen molar-refractivity contribution in [3.05, 3.63) is 53.6 Å². The van der Waals surface area contributed by atoms with E-state index in [1.54, 1.807) is 0 Å². The molecule has 8 nitrogen and oxygen atoms in total. The molecule has 2 aliphatic rings. The van der Waals surface area contributed by atoms with Crippen LogP contribution in [-0.4, -0.2) is 57.4 Å². The number of ether oxygens (including phenoxy) is 3. The Balaban J connectivity index is 1.59. The molecule has 0 spiro atoms. The van der Waals surface area contributed by atoms with Gasteiger partial charge in [-0.15, -0.1) is 0 Å². The van der Waals surface area contributed by atoms with E-state index in [4.69, 9.17) is 14.2 Å². The van der Waals surface area contributed by atoms with E-state index in [2.05, 4.69) is 0 Å². The van der Waals surface area contributed by atoms with Crippen LogP contribution in [0.4, 0.5) is 0 Å². The number of rotatable bonds is 3. The number of phenols is 1. The molecule has 0 saturated carbocycles. The van der Waals surface area contributed by atoms with Crippen molar-refractivity contribution < 1.29 is 39.4 Å². The zero-order valence-electron chi connectivity index (χ0n) is 14.8. The van der Waals surface area contributed by atoms with Crippen molar-refractivity contribution in [2.45, 2.75) is 37.1 Å². The Hall–Kier alpha value is -2.65. The lowest BCUT2D eigenvalue weighted by molar-refractivity contribution is -0.242. The van der Waals surface area contributed by atoms with Crippen molar-refractivity contribution in [3.63, 3.8) is 0 Å². The lowest BCUT2D eigenvalue weighted by Crippen LogP contribution is -2.54. The van der Waals surface area contributed by atoms with Gasteiger partial charge in [-0.05, 0) is 5.56 Å². The van der Waals surface area contributed by atoms with Crippen LogP contribution in [0.5, 0.6) is 17.2 Å². The first-order chi connectivity index (χ1) is 13.4. The molecule has 8 heteroatoms. The number of fused-ring (bicyclic) bond motifs is 1. The molecule has 4 N–H and O–H groups in total. The van der Waals surface area contributed by atoms with Gasteiger partial charge >= 0.3 is 0 Å². The minimum atomic E-state index is -1.48. The highest BCUT2D eigenvalue weighted by atomic mass is 16.7. The average Bonchev–Trinajstić information content (AvgIpc) is 2.68. The highest BCUT2D eigenvalue weighted by Crippen LogP contribution is 2.42. The number of carbonyl (C=O) groups excluding carboxylic acids is 1. The predicted molar refractivity (Wildman–Crippen MR) is 95.3 cm³/mol. The van der Waals surface area contributed by atoms with Gasteiger partial charge in [0.2, 0.25) is 6.29 Å². The molecule has 1 unspecified atom stereocenters. The molecule has 0 aromatic heterocycles. The summed E-state index contributed by atoms with van der Waals surface area (Å²) in [4.78, 5) is 12.5. The second-order valence-electron chi connectivity index (χ2n) is 6.83. The summed E-state index contributed by atoms with van der Waals surface area (Å²) < 4.78 is 16.6. The first-order valence-electron chi connectivity index (χ1n) is 8.88. The molecule has 2 aliphatic heterocycles. The Labute approximate surface area is 160 Å². The fourth-order valence-electron chi connectivity index (χ4n) is 3.35. The first kappa shape index (κ1) is 18.7. The molecule has 2 aromatic rings. The van der Waals surface area contributed by atoms with E-state index < -0.39 is 30.7 Å². The molecule has 2 heterocycles. The summed E-state index contributed by atoms with van der Waals surface area (Å²) in [5, 5.41) is 39.6. The molecule has 1 fully saturated rings. The lowest BCUT2D eigenvalue weighted by atomic mass is 9.95. The van der Waals surface area contributed by atoms with E-state index in [0.717, 1.165) is 5.56 Å². The Morgan fingerprint density at radius 3 is 2.54 bits per heavy atom. The van der Waals surface area contributed by atoms with E-state index in [1.807, 2.05) is 30.3 Å². The number of hydrogen-bond donors (Lipinski definition) is 4. The van der Waals surface area contributed by atoms with Crippen molar-refractivity contribution in [1.82, 2.24) is 0 Å². The second kappa shape index (κ2) is 7.40. The van der Waals surface area contributed by atoms with Gasteiger partial charge in [0.05, 0.1) is 13.0 Å². The molecule has 1 saturated heterocycles. The fourth-order valence-corrected chi connectivity index (χ4v) is 3.35. The SMILES string of the molecule is O=C1CC(c2ccccc2)Oc2cc(O[C@H]3OC[C@H](O)[C@@H](O)[C@@H]3O)cc(O)c21. The Bertz CT molecular complexity index is 868. The molecule has 0 bridgehead atoms. The van der Waals surface area contributed by atoms with E-state index in [0.29, 0.717) is 0 Å². The quantitative estimate of drug-likeness (QED) is 0.612. The van der Waals surface area contributed by atoms with Crippen LogP contribution < -0.4 is 9.47 Å². The zero-order chi connectivity index (χ0) is 19.8. The summed E-state index contributed by atoms with van der Waals surface area (Å²) >= 11 is 0. The molecule has 5 atom stereocenters. The van der Waals surface area contributed by atoms with Gasteiger partial charge in [-0.25, -0.2) is 0 Å². The topological polar surface area (TPSA) is 126 Å². The first-order valence-corrected chi connectivity index (χ1v) is 8.88. The zero-order valence-corrected chi connectivity index (χ0v) is 14.8. The Morgan fingerprint density at radius 1 is 1.04 bits per heavy atom. The van der Waals surface area contributed by atoms with E-state index in [1.165, 1.54) is 12.1 Å². The number of carbonyl (C=O) groups is 1. The summed E-state index contributed by atoms with van der Waals surface area (Å²) in [5.41, 5.74) is 0.899. The van der Waals surface area contributed by atoms with E-state index >= 15 is 0 Å². The monoisotopic (exact) mass is 388 g/mol. The second-order valence-corrected chi connectivity index (χ2v) is 6.83. The van der Waals surface area contributed by atoms with Crippen molar-refractivity contribution >= 4 is 5.78 Å². The number of aliphatic hydroxyl groups is 3. The number of ketones is 1. The molecule has 0 radical (unpaired) electrons. The van der Waals surface area contributed by atoms with Crippen LogP contribution in [-0.2, 0) is 4.74 Å². The van der Waals surface area contributed by atoms with Gasteiger partial charge in [0, 0.05) is 12.1 Å². The van der Waals surface area contributed by atoms with Crippen molar-refractivity contribution in [3.8, 4) is 17.2 Å². The minimum Gasteiger partial charge on any atom is -0.507 e. The van der Waals surface area contributed by atoms with Gasteiger partial charge in [-0.2, -0.15) is 0 Å². The predicted octanol–water partition coefficient (Wildman–Crippen LogP) is 0.916. The third-order valence-electron chi connectivity index (χ3n) is 4.85. The molecule has 28 heavy (non-hydrogen) atoms. The largest absolute Gasteiger partial charge is 0.507 e. The van der Waals surface area contributed by atoms with E-state index in [9.17, 15) is 25.2 Å². The lowest BCUT2D eigenvalue weighted by Gasteiger charge is -2.35. The van der Waals surface area contributed by atoms with Crippen LogP contribution in [0.1, 0.15) is 28.4 Å². The molecular formula is C20H20O8. The highest BCUT2D eigenvalue weighted by Gasteiger charge is 2.39. The maximum atomic E-state index is 12.5. The summed E-state index contributed by atoms with van der Waals surface area (Å²) in [6.45, 7) is -0.217. The van der Waals surface area contributed by atoms with E-state index in [-0.39, 0.29) is 41.6 Å².